The number of piperidine rings is 1. The van der Waals surface area contributed by atoms with E-state index in [9.17, 15) is 19.2 Å². The Morgan fingerprint density at radius 1 is 0.796 bits per heavy atom. The Hall–Kier alpha value is -6.15. The molecule has 4 heterocycles. The molecular formula is C35H32N6O8. The molecule has 1 unspecified atom stereocenters. The number of hydrogen-bond acceptors (Lipinski definition) is 14. The van der Waals surface area contributed by atoms with Crippen molar-refractivity contribution in [1.82, 2.24) is 20.3 Å². The van der Waals surface area contributed by atoms with E-state index in [1.165, 1.54) is 11.2 Å². The van der Waals surface area contributed by atoms with Crippen LogP contribution in [0.1, 0.15) is 23.6 Å². The fourth-order valence-electron chi connectivity index (χ4n) is 5.96. The molecule has 0 saturated carbocycles. The fourth-order valence-corrected chi connectivity index (χ4v) is 5.96. The molecule has 3 aromatic rings. The predicted molar refractivity (Wildman–Crippen MR) is 174 cm³/mol. The number of hydrogen-bond donors (Lipinski definition) is 1. The normalized spacial score (nSPS) is 19.4. The number of nitrogens with one attached hydrogen (secondary N) is 1. The maximum Gasteiger partial charge on any atom is 0.429 e. The van der Waals surface area contributed by atoms with Gasteiger partial charge in [-0.1, -0.05) is 72.8 Å². The standard InChI is InChI=1S/C35H32N6O8/c1-3-20-40(21-4-2)32-36-23-37-33(39-32)41-22-19-26(38-31(24-11-7-5-8-12-24)25-13-9-6-10-14-25)34(46-27(42)15-16-28(43)47-34)35(41)48-29(44)17-18-30(45)49-35/h3-18,23,26,31,38H,1-2,19-22H2. The van der Waals surface area contributed by atoms with E-state index in [0.29, 0.717) is 13.1 Å². The van der Waals surface area contributed by atoms with E-state index in [2.05, 4.69) is 33.4 Å². The minimum Gasteiger partial charge on any atom is -0.408 e. The Morgan fingerprint density at radius 2 is 1.31 bits per heavy atom. The summed E-state index contributed by atoms with van der Waals surface area (Å²) in [4.78, 5) is 69.4. The van der Waals surface area contributed by atoms with Gasteiger partial charge in [0.1, 0.15) is 6.33 Å². The third-order valence-corrected chi connectivity index (χ3v) is 7.99. The number of benzene rings is 2. The van der Waals surface area contributed by atoms with Gasteiger partial charge in [0.05, 0.1) is 12.1 Å². The zero-order chi connectivity index (χ0) is 34.4. The van der Waals surface area contributed by atoms with E-state index in [0.717, 1.165) is 35.4 Å². The number of nitrogens with zero attached hydrogens (tertiary/aromatic N) is 5. The van der Waals surface area contributed by atoms with Crippen molar-refractivity contribution in [2.24, 2.45) is 0 Å². The maximum atomic E-state index is 13.3. The van der Waals surface area contributed by atoms with Gasteiger partial charge in [0.15, 0.2) is 0 Å². The summed E-state index contributed by atoms with van der Waals surface area (Å²) in [6.07, 6.45) is 8.01. The SMILES string of the molecule is C=CCN(CC=C)c1ncnc(N2CCC(NC(c3ccccc3)c3ccccc3)C3(OC(=O)C=CC(=O)O3)C23OC(=O)C=CC(=O)O3)n1. The van der Waals surface area contributed by atoms with Gasteiger partial charge in [-0.3, -0.25) is 10.2 Å². The lowest BCUT2D eigenvalue weighted by molar-refractivity contribution is -0.374. The Morgan fingerprint density at radius 3 is 1.82 bits per heavy atom. The minimum atomic E-state index is -2.78. The zero-order valence-electron chi connectivity index (χ0n) is 26.2. The summed E-state index contributed by atoms with van der Waals surface area (Å²) in [7, 11) is 0. The summed E-state index contributed by atoms with van der Waals surface area (Å²) in [6, 6.07) is 17.0. The topological polar surface area (TPSA) is 162 Å². The molecule has 3 aliphatic heterocycles. The van der Waals surface area contributed by atoms with Gasteiger partial charge >= 0.3 is 35.6 Å². The van der Waals surface area contributed by atoms with Crippen LogP contribution in [0, 0.1) is 0 Å². The van der Waals surface area contributed by atoms with E-state index in [4.69, 9.17) is 18.9 Å². The number of rotatable bonds is 10. The number of esters is 4. The first-order valence-electron chi connectivity index (χ1n) is 15.4. The molecule has 0 radical (unpaired) electrons. The van der Waals surface area contributed by atoms with Crippen LogP contribution in [0.4, 0.5) is 11.9 Å². The highest BCUT2D eigenvalue weighted by molar-refractivity contribution is 5.95. The number of carbonyl (C=O) groups is 4. The molecule has 6 rings (SSSR count). The monoisotopic (exact) mass is 664 g/mol. The molecule has 14 nitrogen and oxygen atoms in total. The molecule has 0 bridgehead atoms. The Labute approximate surface area is 281 Å². The van der Waals surface area contributed by atoms with Crippen molar-refractivity contribution >= 4 is 35.8 Å². The van der Waals surface area contributed by atoms with Crippen LogP contribution in [0.15, 0.2) is 117 Å². The Balaban J connectivity index is 1.55. The molecule has 250 valence electrons. The lowest BCUT2D eigenvalue weighted by Gasteiger charge is -2.55. The highest BCUT2D eigenvalue weighted by atomic mass is 16.8. The molecular weight excluding hydrogens is 632 g/mol. The summed E-state index contributed by atoms with van der Waals surface area (Å²) in [5, 5.41) is 3.48. The second-order valence-corrected chi connectivity index (χ2v) is 11.1. The Kier molecular flexibility index (Phi) is 9.31. The summed E-state index contributed by atoms with van der Waals surface area (Å²) in [5.41, 5.74) is 1.63. The fraction of sp³-hybridized carbons (Fsp3) is 0.229. The van der Waals surface area contributed by atoms with Crippen molar-refractivity contribution < 1.29 is 38.1 Å². The van der Waals surface area contributed by atoms with Gasteiger partial charge < -0.3 is 23.8 Å². The molecule has 3 aliphatic rings. The molecule has 1 atom stereocenters. The quantitative estimate of drug-likeness (QED) is 0.249. The van der Waals surface area contributed by atoms with E-state index < -0.39 is 47.7 Å². The van der Waals surface area contributed by atoms with Crippen LogP contribution in [-0.4, -0.2) is 76.2 Å². The first-order chi connectivity index (χ1) is 23.8. The van der Waals surface area contributed by atoms with E-state index in [-0.39, 0.29) is 24.9 Å². The number of anilines is 2. The highest BCUT2D eigenvalue weighted by Crippen LogP contribution is 2.47. The van der Waals surface area contributed by atoms with Gasteiger partial charge in [0, 0.05) is 43.9 Å². The van der Waals surface area contributed by atoms with Gasteiger partial charge in [-0.2, -0.15) is 4.98 Å². The summed E-state index contributed by atoms with van der Waals surface area (Å²) < 4.78 is 23.8. The van der Waals surface area contributed by atoms with Crippen molar-refractivity contribution in [3.05, 3.63) is 128 Å². The number of aromatic nitrogens is 3. The van der Waals surface area contributed by atoms with E-state index in [1.54, 1.807) is 17.1 Å². The highest BCUT2D eigenvalue weighted by Gasteiger charge is 2.75. The van der Waals surface area contributed by atoms with Gasteiger partial charge in [-0.15, -0.1) is 13.2 Å². The average molecular weight is 665 g/mol. The third kappa shape index (κ3) is 6.41. The molecule has 0 amide bonds. The molecule has 1 aromatic heterocycles. The molecule has 14 heteroatoms. The maximum absolute atomic E-state index is 13.3. The van der Waals surface area contributed by atoms with Crippen molar-refractivity contribution in [3.63, 3.8) is 0 Å². The molecule has 1 saturated heterocycles. The largest absolute Gasteiger partial charge is 0.429 e. The van der Waals surface area contributed by atoms with Crippen LogP contribution in [0.5, 0.6) is 0 Å². The molecule has 0 aliphatic carbocycles. The van der Waals surface area contributed by atoms with Crippen molar-refractivity contribution in [2.75, 3.05) is 29.4 Å². The van der Waals surface area contributed by atoms with Crippen molar-refractivity contribution in [2.45, 2.75) is 30.2 Å². The first-order valence-corrected chi connectivity index (χ1v) is 15.4. The van der Waals surface area contributed by atoms with E-state index >= 15 is 0 Å². The van der Waals surface area contributed by atoms with Crippen LogP contribution in [0.2, 0.25) is 0 Å². The average Bonchev–Trinajstić information content (AvgIpc) is 3.36. The number of fused-ring (bicyclic) bond motifs is 1. The predicted octanol–water partition coefficient (Wildman–Crippen LogP) is 2.67. The minimum absolute atomic E-state index is 0.0606. The van der Waals surface area contributed by atoms with Crippen LogP contribution < -0.4 is 15.1 Å². The van der Waals surface area contributed by atoms with E-state index in [1.807, 2.05) is 60.7 Å². The molecule has 49 heavy (non-hydrogen) atoms. The van der Waals surface area contributed by atoms with Crippen molar-refractivity contribution in [3.8, 4) is 0 Å². The summed E-state index contributed by atoms with van der Waals surface area (Å²) in [6.45, 7) is 8.18. The zero-order valence-corrected chi connectivity index (χ0v) is 26.2. The van der Waals surface area contributed by atoms with Crippen LogP contribution in [-0.2, 0) is 38.1 Å². The lowest BCUT2D eigenvalue weighted by Crippen LogP contribution is -2.80. The lowest BCUT2D eigenvalue weighted by atomic mass is 9.89. The smallest absolute Gasteiger partial charge is 0.408 e. The second kappa shape index (κ2) is 13.9. The summed E-state index contributed by atoms with van der Waals surface area (Å²) >= 11 is 0. The van der Waals surface area contributed by atoms with Crippen LogP contribution in [0.25, 0.3) is 0 Å². The summed E-state index contributed by atoms with van der Waals surface area (Å²) in [5.74, 6) is -9.57. The second-order valence-electron chi connectivity index (χ2n) is 11.1. The Bertz CT molecular complexity index is 1730. The first kappa shape index (κ1) is 32.8. The molecule has 2 aromatic carbocycles. The molecule has 1 fully saturated rings. The van der Waals surface area contributed by atoms with Crippen LogP contribution in [0.3, 0.4) is 0 Å². The van der Waals surface area contributed by atoms with Gasteiger partial charge in [0.25, 0.3) is 0 Å². The van der Waals surface area contributed by atoms with Gasteiger partial charge in [-0.05, 0) is 17.5 Å². The number of ether oxygens (including phenoxy) is 4. The van der Waals surface area contributed by atoms with Gasteiger partial charge in [-0.25, -0.2) is 29.1 Å². The van der Waals surface area contributed by atoms with Crippen LogP contribution >= 0.6 is 0 Å². The number of carbonyl (C=O) groups excluding carboxylic acids is 4. The molecule has 2 spiro atoms. The van der Waals surface area contributed by atoms with Gasteiger partial charge in [0.2, 0.25) is 11.9 Å². The third-order valence-electron chi connectivity index (χ3n) is 7.99. The molecule has 1 N–H and O–H groups in total. The van der Waals surface area contributed by atoms with Crippen molar-refractivity contribution in [1.29, 1.82) is 0 Å².